The van der Waals surface area contributed by atoms with E-state index < -0.39 is 0 Å². The van der Waals surface area contributed by atoms with Gasteiger partial charge in [0.05, 0.1) is 0 Å². The Kier molecular flexibility index (Phi) is 3.90. The van der Waals surface area contributed by atoms with Crippen LogP contribution in [0.25, 0.3) is 10.8 Å². The molecule has 1 aliphatic carbocycles. The molecule has 112 valence electrons. The van der Waals surface area contributed by atoms with E-state index in [1.165, 1.54) is 23.6 Å². The van der Waals surface area contributed by atoms with E-state index in [2.05, 4.69) is 61.6 Å². The first kappa shape index (κ1) is 14.4. The molecule has 1 aliphatic rings. The lowest BCUT2D eigenvalue weighted by Crippen LogP contribution is -2.47. The van der Waals surface area contributed by atoms with Gasteiger partial charge in [-0.05, 0) is 54.6 Å². The van der Waals surface area contributed by atoms with E-state index in [1.54, 1.807) is 0 Å². The van der Waals surface area contributed by atoms with Crippen LogP contribution in [0, 0.1) is 5.41 Å². The fraction of sp³-hybridized carbons (Fsp3) is 0.474. The molecule has 1 saturated carbocycles. The normalized spacial score (nSPS) is 24.9. The molecular weight excluding hydrogens is 258 g/mol. The second kappa shape index (κ2) is 5.69. The summed E-state index contributed by atoms with van der Waals surface area (Å²) in [7, 11) is 2.04. The van der Waals surface area contributed by atoms with Crippen molar-refractivity contribution in [2.45, 2.75) is 45.3 Å². The van der Waals surface area contributed by atoms with Crippen LogP contribution in [0.5, 0.6) is 5.75 Å². The van der Waals surface area contributed by atoms with Crippen molar-refractivity contribution < 1.29 is 4.74 Å². The molecule has 0 radical (unpaired) electrons. The molecule has 0 bridgehead atoms. The maximum Gasteiger partial charge on any atom is 0.120 e. The summed E-state index contributed by atoms with van der Waals surface area (Å²) in [5.41, 5.74) is 0.370. The smallest absolute Gasteiger partial charge is 0.120 e. The highest BCUT2D eigenvalue weighted by Gasteiger charge is 2.35. The molecule has 2 aromatic carbocycles. The van der Waals surface area contributed by atoms with Gasteiger partial charge in [-0.1, -0.05) is 44.2 Å². The Morgan fingerprint density at radius 3 is 2.62 bits per heavy atom. The Balaban J connectivity index is 1.82. The summed E-state index contributed by atoms with van der Waals surface area (Å²) in [5, 5.41) is 5.93. The minimum Gasteiger partial charge on any atom is -0.489 e. The Labute approximate surface area is 127 Å². The number of hydrogen-bond acceptors (Lipinski definition) is 2. The predicted octanol–water partition coefficient (Wildman–Crippen LogP) is 4.39. The molecule has 2 atom stereocenters. The summed E-state index contributed by atoms with van der Waals surface area (Å²) in [5.74, 6) is 0.983. The first-order chi connectivity index (χ1) is 10.1. The second-order valence-corrected chi connectivity index (χ2v) is 6.97. The van der Waals surface area contributed by atoms with Crippen molar-refractivity contribution in [3.05, 3.63) is 42.5 Å². The van der Waals surface area contributed by atoms with Crippen LogP contribution in [0.2, 0.25) is 0 Å². The van der Waals surface area contributed by atoms with E-state index in [0.29, 0.717) is 11.5 Å². The first-order valence-corrected chi connectivity index (χ1v) is 7.90. The van der Waals surface area contributed by atoms with Crippen LogP contribution in [0.1, 0.15) is 33.1 Å². The number of benzene rings is 2. The molecule has 0 spiro atoms. The summed E-state index contributed by atoms with van der Waals surface area (Å²) in [6.07, 6.45) is 3.79. The molecule has 1 N–H and O–H groups in total. The molecule has 0 aromatic heterocycles. The van der Waals surface area contributed by atoms with Crippen LogP contribution < -0.4 is 10.1 Å². The fourth-order valence-electron chi connectivity index (χ4n) is 3.39. The van der Waals surface area contributed by atoms with Gasteiger partial charge in [-0.2, -0.15) is 0 Å². The number of hydrogen-bond donors (Lipinski definition) is 1. The number of likely N-dealkylation sites (N-methyl/N-ethyl adjacent to an activating group) is 1. The molecule has 2 unspecified atom stereocenters. The molecular formula is C19H25NO. The highest BCUT2D eigenvalue weighted by molar-refractivity contribution is 5.83. The molecule has 0 amide bonds. The largest absolute Gasteiger partial charge is 0.489 e. The fourth-order valence-corrected chi connectivity index (χ4v) is 3.39. The van der Waals surface area contributed by atoms with E-state index in [1.807, 2.05) is 7.05 Å². The van der Waals surface area contributed by atoms with Crippen molar-refractivity contribution in [2.75, 3.05) is 7.05 Å². The molecule has 2 aromatic rings. The van der Waals surface area contributed by atoms with E-state index in [-0.39, 0.29) is 6.10 Å². The summed E-state index contributed by atoms with van der Waals surface area (Å²) in [4.78, 5) is 0. The van der Waals surface area contributed by atoms with Gasteiger partial charge < -0.3 is 10.1 Å². The molecule has 0 saturated heterocycles. The molecule has 2 heteroatoms. The predicted molar refractivity (Wildman–Crippen MR) is 88.8 cm³/mol. The van der Waals surface area contributed by atoms with E-state index in [4.69, 9.17) is 4.74 Å². The van der Waals surface area contributed by atoms with Gasteiger partial charge in [-0.25, -0.2) is 0 Å². The van der Waals surface area contributed by atoms with Gasteiger partial charge in [-0.15, -0.1) is 0 Å². The minimum atomic E-state index is 0.250. The number of fused-ring (bicyclic) bond motifs is 1. The average molecular weight is 283 g/mol. The van der Waals surface area contributed by atoms with E-state index >= 15 is 0 Å². The zero-order chi connectivity index (χ0) is 14.9. The van der Waals surface area contributed by atoms with Crippen molar-refractivity contribution in [3.63, 3.8) is 0 Å². The quantitative estimate of drug-likeness (QED) is 0.902. The lowest BCUT2D eigenvalue weighted by atomic mass is 9.74. The summed E-state index contributed by atoms with van der Waals surface area (Å²) >= 11 is 0. The van der Waals surface area contributed by atoms with Gasteiger partial charge in [-0.3, -0.25) is 0 Å². The van der Waals surface area contributed by atoms with Crippen LogP contribution in [-0.2, 0) is 0 Å². The number of ether oxygens (including phenoxy) is 1. The Morgan fingerprint density at radius 1 is 1.10 bits per heavy atom. The number of rotatable bonds is 3. The SMILES string of the molecule is CNC1CCC(C)(C)CC1Oc1ccc2ccccc2c1. The minimum absolute atomic E-state index is 0.250. The third-order valence-electron chi connectivity index (χ3n) is 4.71. The Hall–Kier alpha value is -1.54. The van der Waals surface area contributed by atoms with Crippen molar-refractivity contribution in [1.82, 2.24) is 5.32 Å². The third-order valence-corrected chi connectivity index (χ3v) is 4.71. The monoisotopic (exact) mass is 283 g/mol. The molecule has 1 fully saturated rings. The van der Waals surface area contributed by atoms with Gasteiger partial charge >= 0.3 is 0 Å². The zero-order valence-corrected chi connectivity index (χ0v) is 13.2. The first-order valence-electron chi connectivity index (χ1n) is 7.90. The Bertz CT molecular complexity index is 620. The lowest BCUT2D eigenvalue weighted by Gasteiger charge is -2.40. The lowest BCUT2D eigenvalue weighted by molar-refractivity contribution is 0.0560. The maximum atomic E-state index is 6.34. The van der Waals surface area contributed by atoms with Gasteiger partial charge in [0.25, 0.3) is 0 Å². The third kappa shape index (κ3) is 3.21. The van der Waals surface area contributed by atoms with Gasteiger partial charge in [0, 0.05) is 6.04 Å². The molecule has 0 aliphatic heterocycles. The van der Waals surface area contributed by atoms with E-state index in [0.717, 1.165) is 12.2 Å². The summed E-state index contributed by atoms with van der Waals surface area (Å²) in [6.45, 7) is 4.69. The molecule has 2 nitrogen and oxygen atoms in total. The van der Waals surface area contributed by atoms with Crippen molar-refractivity contribution in [3.8, 4) is 5.75 Å². The van der Waals surface area contributed by atoms with Gasteiger partial charge in [0.15, 0.2) is 0 Å². The van der Waals surface area contributed by atoms with E-state index in [9.17, 15) is 0 Å². The second-order valence-electron chi connectivity index (χ2n) is 6.97. The van der Waals surface area contributed by atoms with Crippen molar-refractivity contribution >= 4 is 10.8 Å². The Morgan fingerprint density at radius 2 is 1.86 bits per heavy atom. The van der Waals surface area contributed by atoms with Crippen molar-refractivity contribution in [2.24, 2.45) is 5.41 Å². The zero-order valence-electron chi connectivity index (χ0n) is 13.2. The molecule has 21 heavy (non-hydrogen) atoms. The van der Waals surface area contributed by atoms with Crippen LogP contribution in [0.3, 0.4) is 0 Å². The van der Waals surface area contributed by atoms with Crippen LogP contribution in [0.15, 0.2) is 42.5 Å². The maximum absolute atomic E-state index is 6.34. The molecule has 3 rings (SSSR count). The topological polar surface area (TPSA) is 21.3 Å². The van der Waals surface area contributed by atoms with Gasteiger partial charge in [0.2, 0.25) is 0 Å². The highest BCUT2D eigenvalue weighted by Crippen LogP contribution is 2.37. The average Bonchev–Trinajstić information content (AvgIpc) is 2.46. The molecule has 0 heterocycles. The van der Waals surface area contributed by atoms with Crippen LogP contribution >= 0.6 is 0 Å². The summed E-state index contributed by atoms with van der Waals surface area (Å²) < 4.78 is 6.34. The summed E-state index contributed by atoms with van der Waals surface area (Å²) in [6, 6.07) is 15.3. The van der Waals surface area contributed by atoms with Crippen LogP contribution in [-0.4, -0.2) is 19.2 Å². The van der Waals surface area contributed by atoms with Crippen molar-refractivity contribution in [1.29, 1.82) is 0 Å². The van der Waals surface area contributed by atoms with Gasteiger partial charge in [0.1, 0.15) is 11.9 Å². The highest BCUT2D eigenvalue weighted by atomic mass is 16.5. The standard InChI is InChI=1S/C19H25NO/c1-19(2)11-10-17(20-3)18(13-19)21-16-9-8-14-6-4-5-7-15(14)12-16/h4-9,12,17-18,20H,10-11,13H2,1-3H3. The number of nitrogens with one attached hydrogen (secondary N) is 1. The van der Waals surface area contributed by atoms with Crippen LogP contribution in [0.4, 0.5) is 0 Å².